The van der Waals surface area contributed by atoms with E-state index in [9.17, 15) is 5.26 Å². The molecule has 158 valence electrons. The van der Waals surface area contributed by atoms with Crippen molar-refractivity contribution in [2.24, 2.45) is 0 Å². The molecule has 0 bridgehead atoms. The molecule has 0 radical (unpaired) electrons. The van der Waals surface area contributed by atoms with Gasteiger partial charge in [0.25, 0.3) is 0 Å². The van der Waals surface area contributed by atoms with Gasteiger partial charge in [-0.2, -0.15) is 10.4 Å². The Morgan fingerprint density at radius 2 is 2.16 bits per heavy atom. The van der Waals surface area contributed by atoms with Crippen molar-refractivity contribution in [3.05, 3.63) is 53.3 Å². The third-order valence-electron chi connectivity index (χ3n) is 6.26. The van der Waals surface area contributed by atoms with Crippen LogP contribution in [0.15, 0.2) is 36.7 Å². The van der Waals surface area contributed by atoms with Crippen LogP contribution in [0, 0.1) is 18.3 Å². The van der Waals surface area contributed by atoms with Crippen LogP contribution in [0.25, 0.3) is 21.8 Å². The topological polar surface area (TPSA) is 87.9 Å². The smallest absolute Gasteiger partial charge is 0.165 e. The fourth-order valence-electron chi connectivity index (χ4n) is 4.27. The van der Waals surface area contributed by atoms with Gasteiger partial charge in [0.15, 0.2) is 5.75 Å². The molecule has 5 rings (SSSR count). The van der Waals surface area contributed by atoms with E-state index in [2.05, 4.69) is 43.2 Å². The quantitative estimate of drug-likeness (QED) is 0.516. The first-order valence-corrected chi connectivity index (χ1v) is 10.4. The van der Waals surface area contributed by atoms with Gasteiger partial charge in [-0.3, -0.25) is 4.68 Å². The minimum Gasteiger partial charge on any atom is -0.496 e. The summed E-state index contributed by atoms with van der Waals surface area (Å²) in [5.74, 6) is 1.39. The number of hydrogen-bond acceptors (Lipinski definition) is 5. The Kier molecular flexibility index (Phi) is 4.42. The molecule has 1 aliphatic heterocycles. The molecule has 7 heteroatoms. The van der Waals surface area contributed by atoms with Crippen LogP contribution in [0.1, 0.15) is 30.5 Å². The van der Waals surface area contributed by atoms with E-state index in [1.54, 1.807) is 13.2 Å². The van der Waals surface area contributed by atoms with Gasteiger partial charge in [0.2, 0.25) is 0 Å². The zero-order chi connectivity index (χ0) is 21.8. The predicted octanol–water partition coefficient (Wildman–Crippen LogP) is 3.88. The number of H-pyrrole nitrogens is 1. The Bertz CT molecular complexity index is 1340. The molecule has 2 aromatic heterocycles. The minimum atomic E-state index is -0.132. The van der Waals surface area contributed by atoms with Gasteiger partial charge in [-0.1, -0.05) is 0 Å². The van der Waals surface area contributed by atoms with Crippen LogP contribution in [-0.2, 0) is 6.54 Å². The summed E-state index contributed by atoms with van der Waals surface area (Å²) < 4.78 is 13.9. The van der Waals surface area contributed by atoms with E-state index in [0.29, 0.717) is 23.4 Å². The van der Waals surface area contributed by atoms with Crippen molar-refractivity contribution >= 4 is 21.8 Å². The van der Waals surface area contributed by atoms with E-state index in [0.717, 1.165) is 39.7 Å². The number of aromatic nitrogens is 3. The molecule has 1 unspecified atom stereocenters. The molecule has 1 aliphatic rings. The predicted molar refractivity (Wildman–Crippen MR) is 120 cm³/mol. The van der Waals surface area contributed by atoms with Crippen LogP contribution in [-0.4, -0.2) is 40.1 Å². The lowest BCUT2D eigenvalue weighted by molar-refractivity contribution is 0.0310. The number of hydrogen-bond donors (Lipinski definition) is 2. The van der Waals surface area contributed by atoms with Crippen LogP contribution < -0.4 is 14.8 Å². The largest absolute Gasteiger partial charge is 0.496 e. The summed E-state index contributed by atoms with van der Waals surface area (Å²) >= 11 is 0. The van der Waals surface area contributed by atoms with E-state index < -0.39 is 0 Å². The number of aryl methyl sites for hydroxylation is 1. The Labute approximate surface area is 180 Å². The van der Waals surface area contributed by atoms with Gasteiger partial charge in [0, 0.05) is 40.8 Å². The summed E-state index contributed by atoms with van der Waals surface area (Å²) in [6.07, 6.45) is 3.93. The van der Waals surface area contributed by atoms with Crippen LogP contribution in [0.2, 0.25) is 0 Å². The molecule has 3 heterocycles. The summed E-state index contributed by atoms with van der Waals surface area (Å²) in [7, 11) is 1.69. The summed E-state index contributed by atoms with van der Waals surface area (Å²) in [5, 5.41) is 19.9. The first-order valence-electron chi connectivity index (χ1n) is 10.4. The van der Waals surface area contributed by atoms with Gasteiger partial charge in [-0.05, 0) is 50.6 Å². The molecular weight excluding hydrogens is 390 g/mol. The molecule has 4 aromatic rings. The number of methoxy groups -OCH3 is 1. The summed E-state index contributed by atoms with van der Waals surface area (Å²) in [6.45, 7) is 7.55. The third-order valence-corrected chi connectivity index (χ3v) is 6.26. The van der Waals surface area contributed by atoms with Crippen molar-refractivity contribution in [3.63, 3.8) is 0 Å². The van der Waals surface area contributed by atoms with Crippen molar-refractivity contribution in [2.45, 2.75) is 39.0 Å². The van der Waals surface area contributed by atoms with Crippen LogP contribution >= 0.6 is 0 Å². The SMILES string of the molecule is COc1cc(C)c2[nH]ccc2c1Cn1cc2ccc(C#N)c(OC3CNC3(C)C)c2n1. The van der Waals surface area contributed by atoms with Gasteiger partial charge in [-0.25, -0.2) is 0 Å². The van der Waals surface area contributed by atoms with Gasteiger partial charge in [-0.15, -0.1) is 0 Å². The Balaban J connectivity index is 1.58. The normalized spacial score (nSPS) is 17.5. The molecule has 0 amide bonds. The average Bonchev–Trinajstić information content (AvgIpc) is 3.40. The van der Waals surface area contributed by atoms with E-state index in [1.807, 2.05) is 29.2 Å². The molecular formula is C24H25N5O2. The van der Waals surface area contributed by atoms with Crippen LogP contribution in [0.4, 0.5) is 0 Å². The van der Waals surface area contributed by atoms with E-state index in [-0.39, 0.29) is 11.6 Å². The molecule has 1 fully saturated rings. The first-order chi connectivity index (χ1) is 14.9. The summed E-state index contributed by atoms with van der Waals surface area (Å²) in [4.78, 5) is 3.31. The number of benzene rings is 2. The molecule has 0 saturated carbocycles. The van der Waals surface area contributed by atoms with Crippen molar-refractivity contribution in [1.82, 2.24) is 20.1 Å². The van der Waals surface area contributed by atoms with Crippen LogP contribution in [0.5, 0.6) is 11.5 Å². The summed E-state index contributed by atoms with van der Waals surface area (Å²) in [6, 6.07) is 10.1. The number of nitrogens with zero attached hydrogens (tertiary/aromatic N) is 3. The maximum Gasteiger partial charge on any atom is 0.165 e. The molecule has 0 aliphatic carbocycles. The number of fused-ring (bicyclic) bond motifs is 2. The van der Waals surface area contributed by atoms with Gasteiger partial charge < -0.3 is 19.8 Å². The van der Waals surface area contributed by atoms with Crippen molar-refractivity contribution < 1.29 is 9.47 Å². The highest BCUT2D eigenvalue weighted by Gasteiger charge is 2.40. The van der Waals surface area contributed by atoms with Crippen molar-refractivity contribution in [2.75, 3.05) is 13.7 Å². The number of nitriles is 1. The number of rotatable bonds is 5. The van der Waals surface area contributed by atoms with Crippen LogP contribution in [0.3, 0.4) is 0 Å². The molecule has 1 saturated heterocycles. The highest BCUT2D eigenvalue weighted by molar-refractivity contribution is 5.89. The van der Waals surface area contributed by atoms with Gasteiger partial charge >= 0.3 is 0 Å². The lowest BCUT2D eigenvalue weighted by atomic mass is 9.89. The minimum absolute atomic E-state index is 0.00739. The molecule has 2 aromatic carbocycles. The fraction of sp³-hybridized carbons (Fsp3) is 0.333. The average molecular weight is 415 g/mol. The van der Waals surface area contributed by atoms with E-state index >= 15 is 0 Å². The highest BCUT2D eigenvalue weighted by Crippen LogP contribution is 2.34. The second-order valence-corrected chi connectivity index (χ2v) is 8.67. The molecule has 7 nitrogen and oxygen atoms in total. The zero-order valence-corrected chi connectivity index (χ0v) is 18.1. The monoisotopic (exact) mass is 415 g/mol. The summed E-state index contributed by atoms with van der Waals surface area (Å²) in [5.41, 5.74) is 4.37. The molecule has 0 spiro atoms. The second kappa shape index (κ2) is 7.03. The lowest BCUT2D eigenvalue weighted by Crippen LogP contribution is -2.67. The number of nitrogens with one attached hydrogen (secondary N) is 2. The Morgan fingerprint density at radius 1 is 1.32 bits per heavy atom. The highest BCUT2D eigenvalue weighted by atomic mass is 16.5. The van der Waals surface area contributed by atoms with E-state index in [4.69, 9.17) is 14.6 Å². The van der Waals surface area contributed by atoms with Gasteiger partial charge in [0.1, 0.15) is 23.4 Å². The van der Waals surface area contributed by atoms with E-state index in [1.165, 1.54) is 0 Å². The molecule has 31 heavy (non-hydrogen) atoms. The van der Waals surface area contributed by atoms with Crippen molar-refractivity contribution in [1.29, 1.82) is 5.26 Å². The lowest BCUT2D eigenvalue weighted by Gasteiger charge is -2.45. The van der Waals surface area contributed by atoms with Crippen molar-refractivity contribution in [3.8, 4) is 17.6 Å². The molecule has 1 atom stereocenters. The number of aromatic amines is 1. The Hall–Kier alpha value is -3.50. The zero-order valence-electron chi connectivity index (χ0n) is 18.1. The third kappa shape index (κ3) is 3.11. The first kappa shape index (κ1) is 19.5. The standard InChI is InChI=1S/C24H25N5O2/c1-14-9-19(30-4)18(17-7-8-26-21(14)17)13-29-12-16-6-5-15(10-25)23(22(16)28-29)31-20-11-27-24(20,2)3/h5-9,12,20,26-27H,11,13H2,1-4H3. The van der Waals surface area contributed by atoms with Gasteiger partial charge in [0.05, 0.1) is 24.8 Å². The second-order valence-electron chi connectivity index (χ2n) is 8.67. The maximum absolute atomic E-state index is 9.64. The number of ether oxygens (including phenoxy) is 2. The Morgan fingerprint density at radius 3 is 2.84 bits per heavy atom. The maximum atomic E-state index is 9.64. The fourth-order valence-corrected chi connectivity index (χ4v) is 4.27. The molecule has 2 N–H and O–H groups in total.